The van der Waals surface area contributed by atoms with E-state index in [4.69, 9.17) is 4.74 Å². The van der Waals surface area contributed by atoms with Crippen LogP contribution >= 0.6 is 0 Å². The number of rotatable bonds is 8. The van der Waals surface area contributed by atoms with Crippen LogP contribution in [0.3, 0.4) is 0 Å². The summed E-state index contributed by atoms with van der Waals surface area (Å²) in [7, 11) is 0. The maximum Gasteiger partial charge on any atom is 0.311 e. The van der Waals surface area contributed by atoms with E-state index in [1.54, 1.807) is 25.1 Å². The van der Waals surface area contributed by atoms with Gasteiger partial charge in [-0.3, -0.25) is 14.9 Å². The normalized spacial score (nSPS) is 11.1. The lowest BCUT2D eigenvalue weighted by Gasteiger charge is -2.06. The largest absolute Gasteiger partial charge is 0.507 e. The van der Waals surface area contributed by atoms with Gasteiger partial charge >= 0.3 is 5.69 Å². The van der Waals surface area contributed by atoms with E-state index >= 15 is 0 Å². The number of carbonyl (C=O) groups excluding carboxylic acids is 1. The topological polar surface area (TPSA) is 139 Å². The van der Waals surface area contributed by atoms with Crippen molar-refractivity contribution in [3.05, 3.63) is 87.0 Å². The highest BCUT2D eigenvalue weighted by Crippen LogP contribution is 2.28. The van der Waals surface area contributed by atoms with E-state index in [0.717, 1.165) is 11.1 Å². The minimum absolute atomic E-state index is 0.0193. The SMILES string of the molecule is Cc1ccc(OCC(=O)N/N=C/c2cc(N=Nc3ccc(C)c(C)c3)ccc2O)c([N+](=O)[O-])c1. The van der Waals surface area contributed by atoms with Gasteiger partial charge in [0.2, 0.25) is 0 Å². The Morgan fingerprint density at radius 1 is 1.03 bits per heavy atom. The predicted molar refractivity (Wildman–Crippen MR) is 127 cm³/mol. The van der Waals surface area contributed by atoms with Crippen LogP contribution in [-0.4, -0.2) is 28.8 Å². The van der Waals surface area contributed by atoms with E-state index in [0.29, 0.717) is 22.5 Å². The highest BCUT2D eigenvalue weighted by molar-refractivity contribution is 5.86. The van der Waals surface area contributed by atoms with Gasteiger partial charge < -0.3 is 9.84 Å². The van der Waals surface area contributed by atoms with E-state index < -0.39 is 17.4 Å². The number of amides is 1. The van der Waals surface area contributed by atoms with E-state index in [1.165, 1.54) is 24.4 Å². The molecule has 0 radical (unpaired) electrons. The highest BCUT2D eigenvalue weighted by Gasteiger charge is 2.16. The van der Waals surface area contributed by atoms with Crippen LogP contribution in [0.1, 0.15) is 22.3 Å². The first kappa shape index (κ1) is 24.1. The number of nitro benzene ring substituents is 1. The summed E-state index contributed by atoms with van der Waals surface area (Å²) in [5.74, 6) is -0.708. The zero-order valence-corrected chi connectivity index (χ0v) is 18.8. The monoisotopic (exact) mass is 461 g/mol. The number of hydrazone groups is 1. The molecule has 0 unspecified atom stereocenters. The van der Waals surface area contributed by atoms with Gasteiger partial charge in [-0.05, 0) is 73.9 Å². The van der Waals surface area contributed by atoms with Gasteiger partial charge in [-0.15, -0.1) is 0 Å². The lowest BCUT2D eigenvalue weighted by Crippen LogP contribution is -2.24. The molecule has 0 aliphatic heterocycles. The molecule has 0 atom stereocenters. The molecule has 0 spiro atoms. The molecule has 0 aliphatic rings. The summed E-state index contributed by atoms with van der Waals surface area (Å²) < 4.78 is 5.25. The van der Waals surface area contributed by atoms with Crippen LogP contribution in [0.4, 0.5) is 17.1 Å². The van der Waals surface area contributed by atoms with Crippen LogP contribution in [0, 0.1) is 30.9 Å². The number of phenols is 1. The average molecular weight is 461 g/mol. The molecule has 3 aromatic carbocycles. The van der Waals surface area contributed by atoms with Crippen LogP contribution in [0.15, 0.2) is 69.9 Å². The van der Waals surface area contributed by atoms with Crippen molar-refractivity contribution < 1.29 is 19.6 Å². The van der Waals surface area contributed by atoms with E-state index in [9.17, 15) is 20.0 Å². The molecule has 10 heteroatoms. The third kappa shape index (κ3) is 6.45. The van der Waals surface area contributed by atoms with Crippen molar-refractivity contribution in [3.8, 4) is 11.5 Å². The number of azo groups is 1. The Bertz CT molecular complexity index is 1290. The fourth-order valence-electron chi connectivity index (χ4n) is 2.85. The van der Waals surface area contributed by atoms with Gasteiger partial charge in [0.05, 0.1) is 22.5 Å². The van der Waals surface area contributed by atoms with Gasteiger partial charge in [0.15, 0.2) is 12.4 Å². The number of benzene rings is 3. The molecule has 0 heterocycles. The molecule has 34 heavy (non-hydrogen) atoms. The maximum atomic E-state index is 12.0. The first-order chi connectivity index (χ1) is 16.2. The summed E-state index contributed by atoms with van der Waals surface area (Å²) >= 11 is 0. The van der Waals surface area contributed by atoms with E-state index in [-0.39, 0.29) is 17.2 Å². The number of hydrogen-bond acceptors (Lipinski definition) is 8. The molecule has 0 aliphatic carbocycles. The average Bonchev–Trinajstić information content (AvgIpc) is 2.80. The zero-order chi connectivity index (χ0) is 24.7. The Labute approximate surface area is 195 Å². The van der Waals surface area contributed by atoms with Gasteiger partial charge in [-0.2, -0.15) is 15.3 Å². The number of phenolic OH excluding ortho intramolecular Hbond substituents is 1. The van der Waals surface area contributed by atoms with Gasteiger partial charge in [0, 0.05) is 11.6 Å². The van der Waals surface area contributed by atoms with E-state index in [1.807, 2.05) is 32.0 Å². The third-order valence-electron chi connectivity index (χ3n) is 4.85. The highest BCUT2D eigenvalue weighted by atomic mass is 16.6. The molecule has 0 saturated heterocycles. The van der Waals surface area contributed by atoms with Gasteiger partial charge in [0.1, 0.15) is 5.75 Å². The van der Waals surface area contributed by atoms with Crippen molar-refractivity contribution in [2.24, 2.45) is 15.3 Å². The molecule has 3 aromatic rings. The molecule has 0 saturated carbocycles. The van der Waals surface area contributed by atoms with Crippen molar-refractivity contribution in [1.29, 1.82) is 0 Å². The molecule has 0 aromatic heterocycles. The van der Waals surface area contributed by atoms with Crippen molar-refractivity contribution in [1.82, 2.24) is 5.43 Å². The molecule has 0 fully saturated rings. The van der Waals surface area contributed by atoms with Crippen molar-refractivity contribution in [2.45, 2.75) is 20.8 Å². The third-order valence-corrected chi connectivity index (χ3v) is 4.85. The Morgan fingerprint density at radius 3 is 2.44 bits per heavy atom. The number of hydrogen-bond donors (Lipinski definition) is 2. The summed E-state index contributed by atoms with van der Waals surface area (Å²) in [6.07, 6.45) is 1.25. The number of aryl methyl sites for hydroxylation is 3. The summed E-state index contributed by atoms with van der Waals surface area (Å²) in [6, 6.07) is 14.8. The fraction of sp³-hybridized carbons (Fsp3) is 0.167. The number of carbonyl (C=O) groups is 1. The smallest absolute Gasteiger partial charge is 0.311 e. The second-order valence-electron chi connectivity index (χ2n) is 7.52. The minimum Gasteiger partial charge on any atom is -0.507 e. The molecular weight excluding hydrogens is 438 g/mol. The van der Waals surface area contributed by atoms with Crippen LogP contribution in [0.5, 0.6) is 11.5 Å². The predicted octanol–water partition coefficient (Wildman–Crippen LogP) is 5.17. The van der Waals surface area contributed by atoms with Gasteiger partial charge in [0.25, 0.3) is 5.91 Å². The molecule has 0 bridgehead atoms. The second-order valence-corrected chi connectivity index (χ2v) is 7.52. The summed E-state index contributed by atoms with van der Waals surface area (Å²) in [6.45, 7) is 5.24. The minimum atomic E-state index is -0.629. The Morgan fingerprint density at radius 2 is 1.74 bits per heavy atom. The standard InChI is InChI=1S/C24H23N5O5/c1-15-4-9-23(21(10-15)29(32)33)34-14-24(31)28-25-13-18-12-20(7-8-22(18)30)27-26-19-6-5-16(2)17(3)11-19/h4-13,30H,14H2,1-3H3,(H,28,31)/b25-13+,27-26?. The second kappa shape index (κ2) is 10.8. The lowest BCUT2D eigenvalue weighted by atomic mass is 10.1. The number of nitrogens with one attached hydrogen (secondary N) is 1. The Kier molecular flexibility index (Phi) is 7.65. The molecule has 2 N–H and O–H groups in total. The van der Waals surface area contributed by atoms with Gasteiger partial charge in [-0.1, -0.05) is 12.1 Å². The molecule has 174 valence electrons. The quantitative estimate of drug-likeness (QED) is 0.206. The maximum absolute atomic E-state index is 12.0. The first-order valence-corrected chi connectivity index (χ1v) is 10.2. The van der Waals surface area contributed by atoms with Crippen molar-refractivity contribution in [3.63, 3.8) is 0 Å². The Balaban J connectivity index is 1.61. The molecule has 10 nitrogen and oxygen atoms in total. The number of nitrogens with zero attached hydrogens (tertiary/aromatic N) is 4. The molecular formula is C24H23N5O5. The van der Waals surface area contributed by atoms with Crippen LogP contribution in [-0.2, 0) is 4.79 Å². The number of aromatic hydroxyl groups is 1. The van der Waals surface area contributed by atoms with Crippen LogP contribution in [0.2, 0.25) is 0 Å². The lowest BCUT2D eigenvalue weighted by molar-refractivity contribution is -0.385. The summed E-state index contributed by atoms with van der Waals surface area (Å²) in [5, 5.41) is 33.3. The summed E-state index contributed by atoms with van der Waals surface area (Å²) in [5.41, 5.74) is 6.48. The zero-order valence-electron chi connectivity index (χ0n) is 18.8. The molecule has 3 rings (SSSR count). The molecule has 1 amide bonds. The number of ether oxygens (including phenoxy) is 1. The van der Waals surface area contributed by atoms with Crippen LogP contribution in [0.25, 0.3) is 0 Å². The number of nitro groups is 1. The Hall–Kier alpha value is -4.60. The summed E-state index contributed by atoms with van der Waals surface area (Å²) in [4.78, 5) is 22.5. The fourth-order valence-corrected chi connectivity index (χ4v) is 2.85. The van der Waals surface area contributed by atoms with Crippen LogP contribution < -0.4 is 10.2 Å². The van der Waals surface area contributed by atoms with Crippen molar-refractivity contribution in [2.75, 3.05) is 6.61 Å². The van der Waals surface area contributed by atoms with Crippen molar-refractivity contribution >= 4 is 29.2 Å². The van der Waals surface area contributed by atoms with E-state index in [2.05, 4.69) is 20.8 Å². The first-order valence-electron chi connectivity index (χ1n) is 10.2. The van der Waals surface area contributed by atoms with Gasteiger partial charge in [-0.25, -0.2) is 5.43 Å².